The molecule has 0 atom stereocenters. The van der Waals surface area contributed by atoms with Crippen LogP contribution in [0, 0.1) is 0 Å². The number of fused-ring (bicyclic) bond motifs is 1. The second-order valence-electron chi connectivity index (χ2n) is 6.11. The summed E-state index contributed by atoms with van der Waals surface area (Å²) >= 11 is 0. The lowest BCUT2D eigenvalue weighted by Crippen LogP contribution is -2.12. The fraction of sp³-hybridized carbons (Fsp3) is 0.182. The standard InChI is InChI=1S/C22H20O5/c1-14(23)16-6-9-21(26-3)18(10-16)13-22(24)27-20-8-5-15-4-7-19(25-2)11-17(15)12-20/h4-12H,13H2,1-3H3. The Bertz CT molecular complexity index is 1010. The molecule has 0 saturated heterocycles. The van der Waals surface area contributed by atoms with Crippen LogP contribution in [0.3, 0.4) is 0 Å². The highest BCUT2D eigenvalue weighted by atomic mass is 16.5. The smallest absolute Gasteiger partial charge is 0.315 e. The largest absolute Gasteiger partial charge is 0.497 e. The number of rotatable bonds is 6. The van der Waals surface area contributed by atoms with Crippen LogP contribution in [0.2, 0.25) is 0 Å². The van der Waals surface area contributed by atoms with Gasteiger partial charge in [0.1, 0.15) is 17.2 Å². The maximum atomic E-state index is 12.4. The Morgan fingerprint density at radius 2 is 1.52 bits per heavy atom. The van der Waals surface area contributed by atoms with Crippen LogP contribution in [0.5, 0.6) is 17.2 Å². The number of ether oxygens (including phenoxy) is 3. The fourth-order valence-corrected chi connectivity index (χ4v) is 2.85. The molecule has 0 aromatic heterocycles. The summed E-state index contributed by atoms with van der Waals surface area (Å²) < 4.78 is 16.0. The van der Waals surface area contributed by atoms with E-state index in [0.29, 0.717) is 22.6 Å². The van der Waals surface area contributed by atoms with E-state index >= 15 is 0 Å². The minimum atomic E-state index is -0.434. The Balaban J connectivity index is 1.80. The van der Waals surface area contributed by atoms with Gasteiger partial charge < -0.3 is 14.2 Å². The Morgan fingerprint density at radius 1 is 0.815 bits per heavy atom. The minimum Gasteiger partial charge on any atom is -0.497 e. The summed E-state index contributed by atoms with van der Waals surface area (Å²) in [7, 11) is 3.13. The quantitative estimate of drug-likeness (QED) is 0.372. The van der Waals surface area contributed by atoms with Crippen LogP contribution in [0.15, 0.2) is 54.6 Å². The molecular formula is C22H20O5. The summed E-state index contributed by atoms with van der Waals surface area (Å²) in [4.78, 5) is 24.0. The number of benzene rings is 3. The lowest BCUT2D eigenvalue weighted by atomic mass is 10.0. The van der Waals surface area contributed by atoms with Crippen LogP contribution >= 0.6 is 0 Å². The highest BCUT2D eigenvalue weighted by Gasteiger charge is 2.13. The summed E-state index contributed by atoms with van der Waals surface area (Å²) in [5.74, 6) is 1.21. The average molecular weight is 364 g/mol. The predicted molar refractivity (Wildman–Crippen MR) is 103 cm³/mol. The van der Waals surface area contributed by atoms with Crippen molar-refractivity contribution in [3.05, 3.63) is 65.7 Å². The van der Waals surface area contributed by atoms with E-state index in [-0.39, 0.29) is 12.2 Å². The first-order chi connectivity index (χ1) is 13.0. The van der Waals surface area contributed by atoms with Crippen molar-refractivity contribution in [1.29, 1.82) is 0 Å². The summed E-state index contributed by atoms with van der Waals surface area (Å²) in [6.45, 7) is 1.48. The molecule has 0 aliphatic rings. The van der Waals surface area contributed by atoms with Gasteiger partial charge in [-0.3, -0.25) is 9.59 Å². The van der Waals surface area contributed by atoms with Gasteiger partial charge in [-0.1, -0.05) is 12.1 Å². The van der Waals surface area contributed by atoms with Crippen molar-refractivity contribution < 1.29 is 23.8 Å². The van der Waals surface area contributed by atoms with Crippen molar-refractivity contribution in [3.8, 4) is 17.2 Å². The average Bonchev–Trinajstić information content (AvgIpc) is 2.67. The molecule has 3 aromatic carbocycles. The van der Waals surface area contributed by atoms with E-state index in [1.165, 1.54) is 14.0 Å². The molecule has 0 radical (unpaired) electrons. The Morgan fingerprint density at radius 3 is 2.19 bits per heavy atom. The van der Waals surface area contributed by atoms with Crippen molar-refractivity contribution in [2.75, 3.05) is 14.2 Å². The van der Waals surface area contributed by atoms with Gasteiger partial charge in [0.25, 0.3) is 0 Å². The molecule has 0 spiro atoms. The molecule has 0 amide bonds. The van der Waals surface area contributed by atoms with Crippen molar-refractivity contribution in [3.63, 3.8) is 0 Å². The maximum absolute atomic E-state index is 12.4. The molecule has 0 N–H and O–H groups in total. The third kappa shape index (κ3) is 4.26. The number of carbonyl (C=O) groups is 2. The molecule has 0 saturated carbocycles. The second kappa shape index (κ2) is 7.91. The zero-order valence-electron chi connectivity index (χ0n) is 15.4. The third-order valence-electron chi connectivity index (χ3n) is 4.27. The van der Waals surface area contributed by atoms with Crippen LogP contribution < -0.4 is 14.2 Å². The Kier molecular flexibility index (Phi) is 5.41. The number of esters is 1. The van der Waals surface area contributed by atoms with Crippen LogP contribution in [0.25, 0.3) is 10.8 Å². The first-order valence-corrected chi connectivity index (χ1v) is 8.46. The van der Waals surface area contributed by atoms with Gasteiger partial charge in [-0.2, -0.15) is 0 Å². The number of hydrogen-bond donors (Lipinski definition) is 0. The van der Waals surface area contributed by atoms with Crippen molar-refractivity contribution in [2.24, 2.45) is 0 Å². The molecule has 3 rings (SSSR count). The van der Waals surface area contributed by atoms with E-state index in [9.17, 15) is 9.59 Å². The van der Waals surface area contributed by atoms with Gasteiger partial charge in [0.2, 0.25) is 0 Å². The van der Waals surface area contributed by atoms with Gasteiger partial charge in [0.05, 0.1) is 20.6 Å². The first kappa shape index (κ1) is 18.5. The van der Waals surface area contributed by atoms with E-state index < -0.39 is 5.97 Å². The highest BCUT2D eigenvalue weighted by Crippen LogP contribution is 2.26. The fourth-order valence-electron chi connectivity index (χ4n) is 2.85. The number of methoxy groups -OCH3 is 2. The molecule has 3 aromatic rings. The van der Waals surface area contributed by atoms with E-state index in [2.05, 4.69) is 0 Å². The van der Waals surface area contributed by atoms with E-state index in [1.807, 2.05) is 24.3 Å². The molecule has 0 aliphatic heterocycles. The number of carbonyl (C=O) groups excluding carboxylic acids is 2. The van der Waals surface area contributed by atoms with Crippen LogP contribution in [0.4, 0.5) is 0 Å². The summed E-state index contributed by atoms with van der Waals surface area (Å²) in [5.41, 5.74) is 1.13. The van der Waals surface area contributed by atoms with E-state index in [4.69, 9.17) is 14.2 Å². The first-order valence-electron chi connectivity index (χ1n) is 8.46. The zero-order chi connectivity index (χ0) is 19.4. The summed E-state index contributed by atoms with van der Waals surface area (Å²) in [5, 5.41) is 1.93. The topological polar surface area (TPSA) is 61.8 Å². The molecule has 27 heavy (non-hydrogen) atoms. The molecule has 0 heterocycles. The van der Waals surface area contributed by atoms with Crippen molar-refractivity contribution in [1.82, 2.24) is 0 Å². The minimum absolute atomic E-state index is 0.000438. The van der Waals surface area contributed by atoms with Gasteiger partial charge in [-0.05, 0) is 60.2 Å². The lowest BCUT2D eigenvalue weighted by molar-refractivity contribution is -0.133. The van der Waals surface area contributed by atoms with Crippen molar-refractivity contribution >= 4 is 22.5 Å². The second-order valence-corrected chi connectivity index (χ2v) is 6.11. The normalized spacial score (nSPS) is 10.5. The molecule has 0 aliphatic carbocycles. The zero-order valence-corrected chi connectivity index (χ0v) is 15.4. The SMILES string of the molecule is COc1ccc2ccc(OC(=O)Cc3cc(C(C)=O)ccc3OC)cc2c1. The summed E-state index contributed by atoms with van der Waals surface area (Å²) in [6, 6.07) is 16.1. The molecule has 138 valence electrons. The number of hydrogen-bond acceptors (Lipinski definition) is 5. The summed E-state index contributed by atoms with van der Waals surface area (Å²) in [6.07, 6.45) is 0.000438. The number of Topliss-reactive ketones (excluding diaryl/α,β-unsaturated/α-hetero) is 1. The van der Waals surface area contributed by atoms with Crippen LogP contribution in [0.1, 0.15) is 22.8 Å². The molecule has 0 bridgehead atoms. The monoisotopic (exact) mass is 364 g/mol. The molecule has 0 unspecified atom stereocenters. The van der Waals surface area contributed by atoms with Crippen LogP contribution in [-0.4, -0.2) is 26.0 Å². The lowest BCUT2D eigenvalue weighted by Gasteiger charge is -2.10. The predicted octanol–water partition coefficient (Wildman–Crippen LogP) is 4.21. The molecular weight excluding hydrogens is 344 g/mol. The van der Waals surface area contributed by atoms with E-state index in [0.717, 1.165) is 16.5 Å². The van der Waals surface area contributed by atoms with Crippen molar-refractivity contribution in [2.45, 2.75) is 13.3 Å². The van der Waals surface area contributed by atoms with Gasteiger partial charge in [-0.25, -0.2) is 0 Å². The number of ketones is 1. The molecule has 5 nitrogen and oxygen atoms in total. The van der Waals surface area contributed by atoms with Gasteiger partial charge >= 0.3 is 5.97 Å². The molecule has 5 heteroatoms. The van der Waals surface area contributed by atoms with Gasteiger partial charge in [-0.15, -0.1) is 0 Å². The highest BCUT2D eigenvalue weighted by molar-refractivity contribution is 5.94. The Labute approximate surface area is 157 Å². The van der Waals surface area contributed by atoms with Gasteiger partial charge in [0, 0.05) is 11.1 Å². The Hall–Kier alpha value is -3.34. The maximum Gasteiger partial charge on any atom is 0.315 e. The molecule has 0 fully saturated rings. The van der Waals surface area contributed by atoms with Gasteiger partial charge in [0.15, 0.2) is 5.78 Å². The third-order valence-corrected chi connectivity index (χ3v) is 4.27. The van der Waals surface area contributed by atoms with E-state index in [1.54, 1.807) is 37.4 Å². The van der Waals surface area contributed by atoms with Crippen LogP contribution in [-0.2, 0) is 11.2 Å².